The smallest absolute Gasteiger partial charge is 0.256 e. The van der Waals surface area contributed by atoms with Crippen molar-refractivity contribution in [2.75, 3.05) is 62.3 Å². The molecule has 0 N–H and O–H groups in total. The third kappa shape index (κ3) is 4.49. The summed E-state index contributed by atoms with van der Waals surface area (Å²) in [6.45, 7) is 5.14. The summed E-state index contributed by atoms with van der Waals surface area (Å²) in [4.78, 5) is 35.5. The van der Waals surface area contributed by atoms with Gasteiger partial charge in [-0.25, -0.2) is 4.98 Å². The van der Waals surface area contributed by atoms with Gasteiger partial charge >= 0.3 is 0 Å². The SMILES string of the molecule is O=Nc1ccc(N2CCOCC2)c(C(=O)N2CCN(c3ccc4cc(Cl)ccc4n3)CC2)c1. The molecule has 0 atom stereocenters. The number of nitrogens with zero attached hydrogens (tertiary/aromatic N) is 5. The Morgan fingerprint density at radius 2 is 1.70 bits per heavy atom. The fraction of sp³-hybridized carbons (Fsp3) is 0.333. The monoisotopic (exact) mass is 465 g/mol. The minimum absolute atomic E-state index is 0.0808. The van der Waals surface area contributed by atoms with Crippen molar-refractivity contribution in [1.82, 2.24) is 9.88 Å². The molecule has 33 heavy (non-hydrogen) atoms. The van der Waals surface area contributed by atoms with Crippen LogP contribution in [0.2, 0.25) is 5.02 Å². The van der Waals surface area contributed by atoms with Crippen molar-refractivity contribution >= 4 is 45.6 Å². The molecular formula is C24H24ClN5O3. The van der Waals surface area contributed by atoms with E-state index in [1.165, 1.54) is 0 Å². The number of fused-ring (bicyclic) bond motifs is 1. The Labute approximate surface area is 196 Å². The zero-order valence-electron chi connectivity index (χ0n) is 18.1. The molecule has 2 aromatic carbocycles. The maximum Gasteiger partial charge on any atom is 0.256 e. The first-order valence-electron chi connectivity index (χ1n) is 11.0. The minimum Gasteiger partial charge on any atom is -0.378 e. The number of carbonyl (C=O) groups is 1. The lowest BCUT2D eigenvalue weighted by Crippen LogP contribution is -2.49. The number of nitroso groups, excluding NO2 is 1. The lowest BCUT2D eigenvalue weighted by molar-refractivity contribution is 0.0746. The number of morpholine rings is 1. The second-order valence-corrected chi connectivity index (χ2v) is 8.61. The molecule has 170 valence electrons. The molecule has 8 nitrogen and oxygen atoms in total. The summed E-state index contributed by atoms with van der Waals surface area (Å²) in [7, 11) is 0. The quantitative estimate of drug-likeness (QED) is 0.540. The van der Waals surface area contributed by atoms with Gasteiger partial charge in [0.25, 0.3) is 5.91 Å². The van der Waals surface area contributed by atoms with E-state index in [-0.39, 0.29) is 11.6 Å². The Balaban J connectivity index is 1.32. The Hall–Kier alpha value is -3.23. The Kier molecular flexibility index (Phi) is 6.11. The number of pyridine rings is 1. The zero-order chi connectivity index (χ0) is 22.8. The van der Waals surface area contributed by atoms with Gasteiger partial charge in [-0.1, -0.05) is 11.6 Å². The molecule has 1 aromatic heterocycles. The normalized spacial score (nSPS) is 16.8. The first kappa shape index (κ1) is 21.6. The van der Waals surface area contributed by atoms with Crippen molar-refractivity contribution in [1.29, 1.82) is 0 Å². The average Bonchev–Trinajstić information content (AvgIpc) is 2.88. The predicted octanol–water partition coefficient (Wildman–Crippen LogP) is 4.09. The number of anilines is 2. The van der Waals surface area contributed by atoms with E-state index in [2.05, 4.69) is 15.0 Å². The lowest BCUT2D eigenvalue weighted by Gasteiger charge is -2.36. The molecule has 0 unspecified atom stereocenters. The molecule has 3 heterocycles. The number of piperazine rings is 1. The van der Waals surface area contributed by atoms with Gasteiger partial charge in [0.05, 0.1) is 24.3 Å². The largest absolute Gasteiger partial charge is 0.378 e. The van der Waals surface area contributed by atoms with Crippen LogP contribution in [0, 0.1) is 4.91 Å². The van der Waals surface area contributed by atoms with E-state index in [0.717, 1.165) is 22.4 Å². The first-order valence-corrected chi connectivity index (χ1v) is 11.4. The maximum atomic E-state index is 13.5. The van der Waals surface area contributed by atoms with E-state index in [1.807, 2.05) is 41.3 Å². The number of halogens is 1. The van der Waals surface area contributed by atoms with E-state index in [1.54, 1.807) is 12.1 Å². The van der Waals surface area contributed by atoms with Gasteiger partial charge in [-0.2, -0.15) is 0 Å². The van der Waals surface area contributed by atoms with Crippen molar-refractivity contribution < 1.29 is 9.53 Å². The van der Waals surface area contributed by atoms with Gasteiger partial charge in [-0.15, -0.1) is 4.91 Å². The Bertz CT molecular complexity index is 1190. The van der Waals surface area contributed by atoms with Crippen LogP contribution in [0.4, 0.5) is 17.2 Å². The van der Waals surface area contributed by atoms with E-state index < -0.39 is 0 Å². The number of carbonyl (C=O) groups excluding carboxylic acids is 1. The van der Waals surface area contributed by atoms with Crippen molar-refractivity contribution in [2.45, 2.75) is 0 Å². The highest BCUT2D eigenvalue weighted by atomic mass is 35.5. The Morgan fingerprint density at radius 1 is 0.909 bits per heavy atom. The van der Waals surface area contributed by atoms with Gasteiger partial charge < -0.3 is 19.4 Å². The van der Waals surface area contributed by atoms with Crippen LogP contribution in [0.5, 0.6) is 0 Å². The molecule has 9 heteroatoms. The molecule has 5 rings (SSSR count). The predicted molar refractivity (Wildman–Crippen MR) is 130 cm³/mol. The maximum absolute atomic E-state index is 13.5. The van der Waals surface area contributed by atoms with Gasteiger partial charge in [0.15, 0.2) is 0 Å². The third-order valence-electron chi connectivity index (χ3n) is 6.20. The zero-order valence-corrected chi connectivity index (χ0v) is 18.9. The summed E-state index contributed by atoms with van der Waals surface area (Å²) < 4.78 is 5.45. The molecule has 0 radical (unpaired) electrons. The number of benzene rings is 2. The lowest BCUT2D eigenvalue weighted by atomic mass is 10.1. The number of ether oxygens (including phenoxy) is 1. The molecule has 0 bridgehead atoms. The summed E-state index contributed by atoms with van der Waals surface area (Å²) in [5.74, 6) is 0.806. The van der Waals surface area contributed by atoms with Gasteiger partial charge in [0.2, 0.25) is 0 Å². The number of amides is 1. The van der Waals surface area contributed by atoms with Crippen LogP contribution in [0.1, 0.15) is 10.4 Å². The molecule has 2 fully saturated rings. The van der Waals surface area contributed by atoms with Crippen LogP contribution in [0.3, 0.4) is 0 Å². The van der Waals surface area contributed by atoms with Crippen molar-refractivity contribution in [3.63, 3.8) is 0 Å². The summed E-state index contributed by atoms with van der Waals surface area (Å²) >= 11 is 6.07. The van der Waals surface area contributed by atoms with Crippen LogP contribution >= 0.6 is 11.6 Å². The molecule has 0 spiro atoms. The third-order valence-corrected chi connectivity index (χ3v) is 6.43. The second kappa shape index (κ2) is 9.33. The van der Waals surface area contributed by atoms with Crippen LogP contribution in [-0.2, 0) is 4.74 Å². The molecule has 0 saturated carbocycles. The first-order chi connectivity index (χ1) is 16.1. The number of aromatic nitrogens is 1. The van der Waals surface area contributed by atoms with Crippen LogP contribution < -0.4 is 9.80 Å². The van der Waals surface area contributed by atoms with Crippen LogP contribution in [0.15, 0.2) is 53.7 Å². The van der Waals surface area contributed by atoms with Crippen molar-refractivity contribution in [3.05, 3.63) is 64.0 Å². The summed E-state index contributed by atoms with van der Waals surface area (Å²) in [5.41, 5.74) is 2.49. The summed E-state index contributed by atoms with van der Waals surface area (Å²) in [5, 5.41) is 4.73. The fourth-order valence-corrected chi connectivity index (χ4v) is 4.58. The molecule has 3 aromatic rings. The van der Waals surface area contributed by atoms with E-state index in [9.17, 15) is 9.70 Å². The van der Waals surface area contributed by atoms with E-state index in [4.69, 9.17) is 21.3 Å². The topological polar surface area (TPSA) is 78.3 Å². The van der Waals surface area contributed by atoms with Crippen molar-refractivity contribution in [3.8, 4) is 0 Å². The highest BCUT2D eigenvalue weighted by Crippen LogP contribution is 2.29. The average molecular weight is 466 g/mol. The van der Waals surface area contributed by atoms with Gasteiger partial charge in [-0.05, 0) is 53.7 Å². The minimum atomic E-state index is -0.0808. The van der Waals surface area contributed by atoms with Gasteiger partial charge in [-0.3, -0.25) is 4.79 Å². The Morgan fingerprint density at radius 3 is 2.45 bits per heavy atom. The summed E-state index contributed by atoms with van der Waals surface area (Å²) in [6, 6.07) is 14.7. The van der Waals surface area contributed by atoms with Crippen LogP contribution in [0.25, 0.3) is 10.9 Å². The highest BCUT2D eigenvalue weighted by molar-refractivity contribution is 6.31. The van der Waals surface area contributed by atoms with E-state index >= 15 is 0 Å². The molecule has 2 aliphatic rings. The van der Waals surface area contributed by atoms with Gasteiger partial charge in [0.1, 0.15) is 11.5 Å². The molecular weight excluding hydrogens is 442 g/mol. The molecule has 1 amide bonds. The standard InChI is InChI=1S/C24H24ClN5O3/c25-18-2-4-21-17(15-18)1-6-23(26-21)29-7-9-30(10-8-29)24(31)20-16-19(27-32)3-5-22(20)28-11-13-33-14-12-28/h1-6,15-16H,7-14H2. The van der Waals surface area contributed by atoms with Crippen LogP contribution in [-0.4, -0.2) is 68.3 Å². The van der Waals surface area contributed by atoms with Crippen molar-refractivity contribution in [2.24, 2.45) is 5.18 Å². The molecule has 0 aliphatic carbocycles. The number of rotatable bonds is 4. The molecule has 2 saturated heterocycles. The number of hydrogen-bond donors (Lipinski definition) is 0. The fourth-order valence-electron chi connectivity index (χ4n) is 4.40. The summed E-state index contributed by atoms with van der Waals surface area (Å²) in [6.07, 6.45) is 0. The highest BCUT2D eigenvalue weighted by Gasteiger charge is 2.27. The second-order valence-electron chi connectivity index (χ2n) is 8.18. The van der Waals surface area contributed by atoms with Gasteiger partial charge in [0, 0.05) is 55.4 Å². The van der Waals surface area contributed by atoms with E-state index in [0.29, 0.717) is 63.1 Å². The molecule has 2 aliphatic heterocycles. The number of hydrogen-bond acceptors (Lipinski definition) is 7.